The van der Waals surface area contributed by atoms with Crippen LogP contribution in [0.25, 0.3) is 0 Å². The molecule has 1 aromatic rings. The van der Waals surface area contributed by atoms with Crippen molar-refractivity contribution in [3.63, 3.8) is 0 Å². The second-order valence-corrected chi connectivity index (χ2v) is 5.52. The van der Waals surface area contributed by atoms with E-state index in [0.29, 0.717) is 32.2 Å². The standard InChI is InChI=1S/C17H24N2O5/c20-15(21)10-6-2-5-9-14(16(22)23)19-17(24)18-12-11-13-7-3-1-4-8-13/h1,3-4,7-8,14H,2,5-6,9-12H2,(H,20,21)(H,22,23)(H2,18,19,24)/t14-/m0/s1. The molecule has 0 unspecified atom stereocenters. The van der Waals surface area contributed by atoms with Crippen LogP contribution in [0.3, 0.4) is 0 Å². The minimum atomic E-state index is -1.09. The predicted octanol–water partition coefficient (Wildman–Crippen LogP) is 2.02. The van der Waals surface area contributed by atoms with Crippen LogP contribution in [0, 0.1) is 0 Å². The average molecular weight is 336 g/mol. The fourth-order valence-corrected chi connectivity index (χ4v) is 2.23. The summed E-state index contributed by atoms with van der Waals surface area (Å²) in [5, 5.41) is 22.7. The molecule has 0 radical (unpaired) electrons. The Morgan fingerprint density at radius 3 is 2.33 bits per heavy atom. The van der Waals surface area contributed by atoms with Crippen molar-refractivity contribution in [3.8, 4) is 0 Å². The first kappa shape index (κ1) is 19.5. The third kappa shape index (κ3) is 8.77. The number of carboxylic acid groups (broad SMARTS) is 2. The van der Waals surface area contributed by atoms with Gasteiger partial charge >= 0.3 is 18.0 Å². The number of urea groups is 1. The minimum absolute atomic E-state index is 0.0745. The molecule has 0 aromatic heterocycles. The first-order valence-corrected chi connectivity index (χ1v) is 8.02. The van der Waals surface area contributed by atoms with Crippen molar-refractivity contribution in [2.45, 2.75) is 44.6 Å². The lowest BCUT2D eigenvalue weighted by atomic mass is 10.1. The Hall–Kier alpha value is -2.57. The average Bonchev–Trinajstić information content (AvgIpc) is 2.54. The number of hydrogen-bond acceptors (Lipinski definition) is 3. The molecule has 0 heterocycles. The minimum Gasteiger partial charge on any atom is -0.481 e. The van der Waals surface area contributed by atoms with E-state index in [1.54, 1.807) is 0 Å². The summed E-state index contributed by atoms with van der Waals surface area (Å²) >= 11 is 0. The highest BCUT2D eigenvalue weighted by molar-refractivity contribution is 5.82. The highest BCUT2D eigenvalue weighted by atomic mass is 16.4. The van der Waals surface area contributed by atoms with E-state index in [1.165, 1.54) is 0 Å². The van der Waals surface area contributed by atoms with E-state index in [9.17, 15) is 14.4 Å². The van der Waals surface area contributed by atoms with E-state index in [1.807, 2.05) is 30.3 Å². The lowest BCUT2D eigenvalue weighted by Crippen LogP contribution is -2.46. The summed E-state index contributed by atoms with van der Waals surface area (Å²) in [6.45, 7) is 0.417. The highest BCUT2D eigenvalue weighted by Gasteiger charge is 2.19. The molecular weight excluding hydrogens is 312 g/mol. The number of benzene rings is 1. The Labute approximate surface area is 141 Å². The zero-order chi connectivity index (χ0) is 17.8. The van der Waals surface area contributed by atoms with Gasteiger partial charge in [-0.3, -0.25) is 4.79 Å². The number of hydrogen-bond donors (Lipinski definition) is 4. The molecule has 2 amide bonds. The number of amides is 2. The van der Waals surface area contributed by atoms with Gasteiger partial charge in [-0.15, -0.1) is 0 Å². The van der Waals surface area contributed by atoms with Crippen molar-refractivity contribution in [2.75, 3.05) is 6.54 Å². The van der Waals surface area contributed by atoms with E-state index in [4.69, 9.17) is 10.2 Å². The molecule has 132 valence electrons. The van der Waals surface area contributed by atoms with E-state index in [-0.39, 0.29) is 12.8 Å². The molecule has 7 nitrogen and oxygen atoms in total. The Kier molecular flexibility index (Phi) is 8.96. The molecule has 0 aliphatic heterocycles. The van der Waals surface area contributed by atoms with Gasteiger partial charge in [-0.25, -0.2) is 9.59 Å². The molecule has 1 aromatic carbocycles. The number of carbonyl (C=O) groups is 3. The summed E-state index contributed by atoms with van der Waals surface area (Å²) in [5.74, 6) is -1.95. The van der Waals surface area contributed by atoms with E-state index in [2.05, 4.69) is 10.6 Å². The van der Waals surface area contributed by atoms with Gasteiger partial charge in [-0.05, 0) is 24.8 Å². The number of rotatable bonds is 11. The Balaban J connectivity index is 2.24. The molecule has 4 N–H and O–H groups in total. The monoisotopic (exact) mass is 336 g/mol. The van der Waals surface area contributed by atoms with Gasteiger partial charge in [0.25, 0.3) is 0 Å². The smallest absolute Gasteiger partial charge is 0.326 e. The summed E-state index contributed by atoms with van der Waals surface area (Å²) in [7, 11) is 0. The van der Waals surface area contributed by atoms with E-state index in [0.717, 1.165) is 5.56 Å². The van der Waals surface area contributed by atoms with Crippen LogP contribution in [-0.4, -0.2) is 40.8 Å². The van der Waals surface area contributed by atoms with Crippen LogP contribution in [0.15, 0.2) is 30.3 Å². The van der Waals surface area contributed by atoms with Gasteiger partial charge in [0.15, 0.2) is 0 Å². The lowest BCUT2D eigenvalue weighted by Gasteiger charge is -2.15. The molecular formula is C17H24N2O5. The van der Waals surface area contributed by atoms with Crippen LogP contribution in [-0.2, 0) is 16.0 Å². The van der Waals surface area contributed by atoms with Gasteiger partial charge in [0.1, 0.15) is 6.04 Å². The van der Waals surface area contributed by atoms with Crippen molar-refractivity contribution >= 4 is 18.0 Å². The second kappa shape index (κ2) is 11.0. The van der Waals surface area contributed by atoms with E-state index >= 15 is 0 Å². The Bertz CT molecular complexity index is 533. The molecule has 0 aliphatic carbocycles. The van der Waals surface area contributed by atoms with Gasteiger partial charge in [0.2, 0.25) is 0 Å². The van der Waals surface area contributed by atoms with Gasteiger partial charge in [0.05, 0.1) is 0 Å². The maximum absolute atomic E-state index is 11.8. The number of carboxylic acids is 2. The zero-order valence-corrected chi connectivity index (χ0v) is 13.5. The van der Waals surface area contributed by atoms with Crippen molar-refractivity contribution < 1.29 is 24.6 Å². The fourth-order valence-electron chi connectivity index (χ4n) is 2.23. The Morgan fingerprint density at radius 1 is 1.00 bits per heavy atom. The first-order chi connectivity index (χ1) is 11.5. The Morgan fingerprint density at radius 2 is 1.71 bits per heavy atom. The van der Waals surface area contributed by atoms with Crippen molar-refractivity contribution in [1.82, 2.24) is 10.6 Å². The summed E-state index contributed by atoms with van der Waals surface area (Å²) in [6.07, 6.45) is 2.69. The molecule has 7 heteroatoms. The van der Waals surface area contributed by atoms with Gasteiger partial charge in [0, 0.05) is 13.0 Å². The number of unbranched alkanes of at least 4 members (excludes halogenated alkanes) is 2. The zero-order valence-electron chi connectivity index (χ0n) is 13.5. The maximum Gasteiger partial charge on any atom is 0.326 e. The van der Waals surface area contributed by atoms with Crippen LogP contribution < -0.4 is 10.6 Å². The molecule has 0 fully saturated rings. The van der Waals surface area contributed by atoms with Crippen LogP contribution in [0.2, 0.25) is 0 Å². The van der Waals surface area contributed by atoms with Crippen molar-refractivity contribution in [3.05, 3.63) is 35.9 Å². The van der Waals surface area contributed by atoms with Crippen molar-refractivity contribution in [1.29, 1.82) is 0 Å². The quantitative estimate of drug-likeness (QED) is 0.461. The number of nitrogens with one attached hydrogen (secondary N) is 2. The van der Waals surface area contributed by atoms with Gasteiger partial charge in [-0.2, -0.15) is 0 Å². The molecule has 0 spiro atoms. The molecule has 1 rings (SSSR count). The fraction of sp³-hybridized carbons (Fsp3) is 0.471. The summed E-state index contributed by atoms with van der Waals surface area (Å²) in [5.41, 5.74) is 1.09. The molecule has 0 saturated carbocycles. The van der Waals surface area contributed by atoms with Crippen LogP contribution in [0.1, 0.15) is 37.7 Å². The van der Waals surface area contributed by atoms with Gasteiger partial charge in [-0.1, -0.05) is 43.2 Å². The first-order valence-electron chi connectivity index (χ1n) is 8.02. The maximum atomic E-state index is 11.8. The normalized spacial score (nSPS) is 11.5. The molecule has 0 aliphatic rings. The molecule has 1 atom stereocenters. The number of carbonyl (C=O) groups excluding carboxylic acids is 1. The summed E-state index contributed by atoms with van der Waals surface area (Å²) in [4.78, 5) is 33.3. The van der Waals surface area contributed by atoms with Crippen molar-refractivity contribution in [2.24, 2.45) is 0 Å². The third-order valence-electron chi connectivity index (χ3n) is 3.53. The van der Waals surface area contributed by atoms with Gasteiger partial charge < -0.3 is 20.8 Å². The van der Waals surface area contributed by atoms with Crippen LogP contribution in [0.4, 0.5) is 4.79 Å². The topological polar surface area (TPSA) is 116 Å². The SMILES string of the molecule is O=C(O)CCCCC[C@H](NC(=O)NCCc1ccccc1)C(=O)O. The van der Waals surface area contributed by atoms with Crippen LogP contribution >= 0.6 is 0 Å². The van der Waals surface area contributed by atoms with E-state index < -0.39 is 24.0 Å². The second-order valence-electron chi connectivity index (χ2n) is 5.52. The third-order valence-corrected chi connectivity index (χ3v) is 3.53. The largest absolute Gasteiger partial charge is 0.481 e. The molecule has 0 bridgehead atoms. The highest BCUT2D eigenvalue weighted by Crippen LogP contribution is 2.06. The van der Waals surface area contributed by atoms with Crippen LogP contribution in [0.5, 0.6) is 0 Å². The lowest BCUT2D eigenvalue weighted by molar-refractivity contribution is -0.139. The summed E-state index contributed by atoms with van der Waals surface area (Å²) < 4.78 is 0. The predicted molar refractivity (Wildman–Crippen MR) is 88.8 cm³/mol. The number of aliphatic carboxylic acids is 2. The molecule has 0 saturated heterocycles. The summed E-state index contributed by atoms with van der Waals surface area (Å²) in [6, 6.07) is 8.18. The molecule has 24 heavy (non-hydrogen) atoms.